The lowest BCUT2D eigenvalue weighted by Crippen LogP contribution is -2.06. The van der Waals surface area contributed by atoms with Gasteiger partial charge in [0.1, 0.15) is 0 Å². The summed E-state index contributed by atoms with van der Waals surface area (Å²) < 4.78 is 0. The molecule has 0 aromatic rings. The first kappa shape index (κ1) is 14.9. The van der Waals surface area contributed by atoms with E-state index in [0.29, 0.717) is 0 Å². The lowest BCUT2D eigenvalue weighted by Gasteiger charge is -2.16. The molecule has 2 aliphatic rings. The van der Waals surface area contributed by atoms with Crippen molar-refractivity contribution in [3.8, 4) is 0 Å². The zero-order valence-corrected chi connectivity index (χ0v) is 11.0. The highest BCUT2D eigenvalue weighted by atomic mass is 35.5. The number of nitrogens with zero attached hydrogens (tertiary/aromatic N) is 2. The molecule has 0 radical (unpaired) electrons. The standard InChI is InChI=1S/C12H14N2.2ClH/c1-13-7-3-11(4-8-13)12-5-9-14(2)10-6-12;;/h3-10H,1-2H3;2*1H. The molecule has 0 amide bonds. The van der Waals surface area contributed by atoms with Crippen LogP contribution in [-0.4, -0.2) is 23.9 Å². The van der Waals surface area contributed by atoms with Gasteiger partial charge in [-0.2, -0.15) is 0 Å². The van der Waals surface area contributed by atoms with Crippen LogP contribution >= 0.6 is 24.8 Å². The van der Waals surface area contributed by atoms with E-state index in [0.717, 1.165) is 0 Å². The van der Waals surface area contributed by atoms with Gasteiger partial charge in [0.2, 0.25) is 0 Å². The molecule has 0 saturated heterocycles. The van der Waals surface area contributed by atoms with Crippen LogP contribution in [0.1, 0.15) is 0 Å². The topological polar surface area (TPSA) is 6.48 Å². The highest BCUT2D eigenvalue weighted by molar-refractivity contribution is 5.85. The van der Waals surface area contributed by atoms with Gasteiger partial charge in [-0.05, 0) is 35.5 Å². The normalized spacial score (nSPS) is 17.4. The van der Waals surface area contributed by atoms with Crippen molar-refractivity contribution in [2.45, 2.75) is 0 Å². The summed E-state index contributed by atoms with van der Waals surface area (Å²) in [5, 5.41) is 0. The van der Waals surface area contributed by atoms with Crippen molar-refractivity contribution in [1.29, 1.82) is 0 Å². The van der Waals surface area contributed by atoms with E-state index < -0.39 is 0 Å². The summed E-state index contributed by atoms with van der Waals surface area (Å²) in [5.74, 6) is 0. The Morgan fingerprint density at radius 1 is 0.625 bits per heavy atom. The van der Waals surface area contributed by atoms with E-state index in [9.17, 15) is 0 Å². The molecule has 2 heterocycles. The van der Waals surface area contributed by atoms with Crippen LogP contribution in [0, 0.1) is 0 Å². The maximum Gasteiger partial charge on any atom is 0.0106 e. The van der Waals surface area contributed by atoms with E-state index in [4.69, 9.17) is 0 Å². The van der Waals surface area contributed by atoms with Gasteiger partial charge in [-0.3, -0.25) is 0 Å². The van der Waals surface area contributed by atoms with Gasteiger partial charge in [-0.1, -0.05) is 0 Å². The molecule has 0 atom stereocenters. The maximum absolute atomic E-state index is 2.12. The lowest BCUT2D eigenvalue weighted by atomic mass is 10.1. The molecule has 0 fully saturated rings. The molecule has 0 unspecified atom stereocenters. The molecule has 0 bridgehead atoms. The largest absolute Gasteiger partial charge is 0.357 e. The number of allylic oxidation sites excluding steroid dienone is 6. The summed E-state index contributed by atoms with van der Waals surface area (Å²) >= 11 is 0. The first-order valence-electron chi connectivity index (χ1n) is 4.67. The fourth-order valence-electron chi connectivity index (χ4n) is 1.39. The van der Waals surface area contributed by atoms with E-state index in [1.807, 2.05) is 23.9 Å². The average Bonchev–Trinajstić information content (AvgIpc) is 2.21. The van der Waals surface area contributed by atoms with Gasteiger partial charge in [-0.15, -0.1) is 24.8 Å². The second kappa shape index (κ2) is 6.46. The van der Waals surface area contributed by atoms with Gasteiger partial charge < -0.3 is 9.80 Å². The summed E-state index contributed by atoms with van der Waals surface area (Å²) in [5.41, 5.74) is 2.51. The molecule has 0 N–H and O–H groups in total. The fourth-order valence-corrected chi connectivity index (χ4v) is 1.39. The van der Waals surface area contributed by atoms with Crippen molar-refractivity contribution >= 4 is 24.8 Å². The smallest absolute Gasteiger partial charge is 0.0106 e. The molecule has 0 aromatic heterocycles. The van der Waals surface area contributed by atoms with Gasteiger partial charge in [0.15, 0.2) is 0 Å². The van der Waals surface area contributed by atoms with Crippen LogP contribution in [0.15, 0.2) is 60.3 Å². The van der Waals surface area contributed by atoms with Crippen molar-refractivity contribution in [2.75, 3.05) is 14.1 Å². The number of hydrogen-bond donors (Lipinski definition) is 0. The van der Waals surface area contributed by atoms with Crippen LogP contribution in [0.5, 0.6) is 0 Å². The van der Waals surface area contributed by atoms with Crippen molar-refractivity contribution in [3.63, 3.8) is 0 Å². The van der Waals surface area contributed by atoms with E-state index in [1.54, 1.807) is 0 Å². The zero-order valence-electron chi connectivity index (χ0n) is 9.33. The zero-order chi connectivity index (χ0) is 9.97. The highest BCUT2D eigenvalue weighted by Gasteiger charge is 2.02. The summed E-state index contributed by atoms with van der Waals surface area (Å²) in [7, 11) is 4.05. The monoisotopic (exact) mass is 258 g/mol. The summed E-state index contributed by atoms with van der Waals surface area (Å²) in [6, 6.07) is 0. The van der Waals surface area contributed by atoms with E-state index >= 15 is 0 Å². The Morgan fingerprint density at radius 2 is 0.875 bits per heavy atom. The number of rotatable bonds is 0. The molecule has 0 aromatic carbocycles. The molecule has 16 heavy (non-hydrogen) atoms. The molecule has 2 aliphatic heterocycles. The van der Waals surface area contributed by atoms with E-state index in [2.05, 4.69) is 49.1 Å². The van der Waals surface area contributed by atoms with Gasteiger partial charge in [0, 0.05) is 38.9 Å². The summed E-state index contributed by atoms with van der Waals surface area (Å²) in [6.07, 6.45) is 16.7. The van der Waals surface area contributed by atoms with Crippen molar-refractivity contribution < 1.29 is 0 Å². The van der Waals surface area contributed by atoms with Crippen molar-refractivity contribution in [3.05, 3.63) is 60.3 Å². The second-order valence-corrected chi connectivity index (χ2v) is 3.50. The number of halogens is 2. The van der Waals surface area contributed by atoms with Crippen LogP contribution in [0.3, 0.4) is 0 Å². The van der Waals surface area contributed by atoms with Crippen LogP contribution in [0.2, 0.25) is 0 Å². The Hall–Kier alpha value is -1.12. The molecular weight excluding hydrogens is 243 g/mol. The lowest BCUT2D eigenvalue weighted by molar-refractivity contribution is 0.616. The quantitative estimate of drug-likeness (QED) is 0.659. The van der Waals surface area contributed by atoms with Gasteiger partial charge in [0.05, 0.1) is 0 Å². The fraction of sp³-hybridized carbons (Fsp3) is 0.167. The third kappa shape index (κ3) is 3.47. The van der Waals surface area contributed by atoms with Crippen molar-refractivity contribution in [2.24, 2.45) is 0 Å². The molecular formula is C12H16Cl2N2. The summed E-state index contributed by atoms with van der Waals surface area (Å²) in [4.78, 5) is 4.07. The molecule has 2 rings (SSSR count). The minimum Gasteiger partial charge on any atom is -0.357 e. The molecule has 88 valence electrons. The van der Waals surface area contributed by atoms with E-state index in [1.165, 1.54) is 11.1 Å². The van der Waals surface area contributed by atoms with E-state index in [-0.39, 0.29) is 24.8 Å². The second-order valence-electron chi connectivity index (χ2n) is 3.50. The maximum atomic E-state index is 2.12. The Morgan fingerprint density at radius 3 is 1.12 bits per heavy atom. The van der Waals surface area contributed by atoms with Crippen LogP contribution in [-0.2, 0) is 0 Å². The van der Waals surface area contributed by atoms with Crippen molar-refractivity contribution in [1.82, 2.24) is 9.80 Å². The van der Waals surface area contributed by atoms with Crippen LogP contribution in [0.4, 0.5) is 0 Å². The Balaban J connectivity index is 0.00000112. The van der Waals surface area contributed by atoms with Gasteiger partial charge >= 0.3 is 0 Å². The predicted molar refractivity (Wildman–Crippen MR) is 73.6 cm³/mol. The molecule has 0 spiro atoms. The molecule has 2 nitrogen and oxygen atoms in total. The van der Waals surface area contributed by atoms with Crippen LogP contribution in [0.25, 0.3) is 0 Å². The predicted octanol–water partition coefficient (Wildman–Crippen LogP) is 3.07. The highest BCUT2D eigenvalue weighted by Crippen LogP contribution is 2.18. The molecule has 0 aliphatic carbocycles. The minimum atomic E-state index is 0. The first-order chi connectivity index (χ1) is 6.75. The SMILES string of the molecule is CN1C=CC(=C2C=CN(C)C=C2)C=C1.Cl.Cl. The Kier molecular flexibility index (Phi) is 6.01. The molecule has 4 heteroatoms. The third-order valence-electron chi connectivity index (χ3n) is 2.29. The Labute approximate surface area is 109 Å². The van der Waals surface area contributed by atoms with Gasteiger partial charge in [-0.25, -0.2) is 0 Å². The third-order valence-corrected chi connectivity index (χ3v) is 2.29. The van der Waals surface area contributed by atoms with Gasteiger partial charge in [0.25, 0.3) is 0 Å². The number of hydrogen-bond acceptors (Lipinski definition) is 2. The summed E-state index contributed by atoms with van der Waals surface area (Å²) in [6.45, 7) is 0. The first-order valence-corrected chi connectivity index (χ1v) is 4.67. The average molecular weight is 259 g/mol. The van der Waals surface area contributed by atoms with Crippen LogP contribution < -0.4 is 0 Å². The minimum absolute atomic E-state index is 0. The molecule has 0 saturated carbocycles. The Bertz CT molecular complexity index is 310.